The normalized spacial score (nSPS) is 28.4. The Bertz CT molecular complexity index is 490. The molecular weight excluding hydrogens is 260 g/mol. The van der Waals surface area contributed by atoms with Crippen molar-refractivity contribution in [1.82, 2.24) is 0 Å². The maximum atomic E-state index is 12.3. The summed E-state index contributed by atoms with van der Waals surface area (Å²) in [5, 5.41) is 0. The Morgan fingerprint density at radius 3 is 2.33 bits per heavy atom. The van der Waals surface area contributed by atoms with Gasteiger partial charge < -0.3 is 4.74 Å². The number of hydrogen-bond acceptors (Lipinski definition) is 2. The van der Waals surface area contributed by atoms with Crippen LogP contribution in [0.5, 0.6) is 0 Å². The van der Waals surface area contributed by atoms with E-state index in [4.69, 9.17) is 4.74 Å². The van der Waals surface area contributed by atoms with Crippen molar-refractivity contribution < 1.29 is 9.53 Å². The molecule has 0 spiro atoms. The fraction of sp³-hybridized carbons (Fsp3) is 0.632. The molecule has 0 aromatic heterocycles. The van der Waals surface area contributed by atoms with Crippen LogP contribution >= 0.6 is 0 Å². The van der Waals surface area contributed by atoms with E-state index in [9.17, 15) is 4.79 Å². The van der Waals surface area contributed by atoms with Gasteiger partial charge in [0.05, 0.1) is 5.92 Å². The third kappa shape index (κ3) is 3.66. The highest BCUT2D eigenvalue weighted by atomic mass is 16.6. The molecule has 2 rings (SSSR count). The first-order valence-electron chi connectivity index (χ1n) is 8.02. The van der Waals surface area contributed by atoms with Crippen molar-refractivity contribution in [2.45, 2.75) is 59.5 Å². The van der Waals surface area contributed by atoms with Crippen LogP contribution < -0.4 is 0 Å². The molecule has 1 aliphatic rings. The quantitative estimate of drug-likeness (QED) is 0.737. The number of rotatable bonds is 3. The second kappa shape index (κ2) is 5.82. The summed E-state index contributed by atoms with van der Waals surface area (Å²) >= 11 is 0. The average molecular weight is 288 g/mol. The summed E-state index contributed by atoms with van der Waals surface area (Å²) in [7, 11) is 0. The van der Waals surface area contributed by atoms with E-state index in [1.54, 1.807) is 0 Å². The van der Waals surface area contributed by atoms with Crippen LogP contribution in [-0.2, 0) is 15.1 Å². The highest BCUT2D eigenvalue weighted by molar-refractivity contribution is 5.72. The van der Waals surface area contributed by atoms with Gasteiger partial charge in [-0.15, -0.1) is 0 Å². The van der Waals surface area contributed by atoms with Crippen molar-refractivity contribution in [3.63, 3.8) is 0 Å². The van der Waals surface area contributed by atoms with E-state index >= 15 is 0 Å². The lowest BCUT2D eigenvalue weighted by Crippen LogP contribution is -2.44. The minimum Gasteiger partial charge on any atom is -0.454 e. The molecule has 0 bridgehead atoms. The molecule has 0 aliphatic heterocycles. The van der Waals surface area contributed by atoms with Gasteiger partial charge in [-0.1, -0.05) is 65.0 Å². The van der Waals surface area contributed by atoms with Gasteiger partial charge in [0.2, 0.25) is 0 Å². The van der Waals surface area contributed by atoms with Crippen LogP contribution in [0.15, 0.2) is 30.3 Å². The summed E-state index contributed by atoms with van der Waals surface area (Å²) in [4.78, 5) is 12.3. The molecule has 2 nitrogen and oxygen atoms in total. The Labute approximate surface area is 128 Å². The van der Waals surface area contributed by atoms with Gasteiger partial charge in [0.25, 0.3) is 0 Å². The van der Waals surface area contributed by atoms with Gasteiger partial charge in [0.15, 0.2) is 0 Å². The average Bonchev–Trinajstić information content (AvgIpc) is 2.37. The third-order valence-electron chi connectivity index (χ3n) is 4.41. The Morgan fingerprint density at radius 1 is 1.19 bits per heavy atom. The van der Waals surface area contributed by atoms with Crippen molar-refractivity contribution >= 4 is 5.97 Å². The zero-order chi connectivity index (χ0) is 15.7. The second-order valence-corrected chi connectivity index (χ2v) is 7.79. The van der Waals surface area contributed by atoms with E-state index in [1.807, 2.05) is 32.0 Å². The van der Waals surface area contributed by atoms with E-state index in [0.717, 1.165) is 18.4 Å². The number of ether oxygens (including phenoxy) is 1. The van der Waals surface area contributed by atoms with Gasteiger partial charge in [-0.2, -0.15) is 0 Å². The molecular formula is C19H28O2. The van der Waals surface area contributed by atoms with Crippen molar-refractivity contribution in [3.05, 3.63) is 35.9 Å². The van der Waals surface area contributed by atoms with Crippen LogP contribution in [0.1, 0.15) is 59.4 Å². The first-order valence-corrected chi connectivity index (χ1v) is 8.02. The van der Waals surface area contributed by atoms with E-state index in [0.29, 0.717) is 5.92 Å². The molecule has 0 N–H and O–H groups in total. The molecule has 1 aromatic carbocycles. The number of carbonyl (C=O) groups excluding carboxylic acids is 1. The topological polar surface area (TPSA) is 26.3 Å². The van der Waals surface area contributed by atoms with Crippen LogP contribution in [-0.4, -0.2) is 5.97 Å². The minimum atomic E-state index is -0.468. The molecule has 1 aliphatic carbocycles. The molecule has 0 heterocycles. The fourth-order valence-corrected chi connectivity index (χ4v) is 3.90. The highest BCUT2D eigenvalue weighted by Crippen LogP contribution is 2.51. The molecule has 1 fully saturated rings. The van der Waals surface area contributed by atoms with Crippen molar-refractivity contribution in [2.75, 3.05) is 0 Å². The number of hydrogen-bond donors (Lipinski definition) is 0. The summed E-state index contributed by atoms with van der Waals surface area (Å²) in [6.45, 7) is 10.6. The van der Waals surface area contributed by atoms with Crippen molar-refractivity contribution in [1.29, 1.82) is 0 Å². The Hall–Kier alpha value is -1.31. The largest absolute Gasteiger partial charge is 0.454 e. The molecule has 21 heavy (non-hydrogen) atoms. The Morgan fingerprint density at radius 2 is 1.81 bits per heavy atom. The standard InChI is InChI=1S/C19H28O2/c1-14(2)17(20)21-19(16-9-7-6-8-10-16)12-15(3)11-18(4,5)13-19/h6-10,14-15H,11-13H2,1-5H3. The van der Waals surface area contributed by atoms with Crippen LogP contribution in [0.3, 0.4) is 0 Å². The lowest BCUT2D eigenvalue weighted by Gasteiger charge is -2.47. The highest BCUT2D eigenvalue weighted by Gasteiger charge is 2.47. The number of carbonyl (C=O) groups is 1. The molecule has 1 saturated carbocycles. The Balaban J connectivity index is 2.41. The smallest absolute Gasteiger partial charge is 0.309 e. The summed E-state index contributed by atoms with van der Waals surface area (Å²) in [6, 6.07) is 10.3. The van der Waals surface area contributed by atoms with Gasteiger partial charge >= 0.3 is 5.97 Å². The van der Waals surface area contributed by atoms with Crippen LogP contribution in [0.2, 0.25) is 0 Å². The molecule has 2 heteroatoms. The summed E-state index contributed by atoms with van der Waals surface area (Å²) in [5.41, 5.74) is 0.854. The number of benzene rings is 1. The molecule has 2 atom stereocenters. The molecule has 2 unspecified atom stereocenters. The van der Waals surface area contributed by atoms with Crippen LogP contribution in [0.4, 0.5) is 0 Å². The van der Waals surface area contributed by atoms with E-state index < -0.39 is 5.60 Å². The monoisotopic (exact) mass is 288 g/mol. The zero-order valence-electron chi connectivity index (χ0n) is 14.0. The summed E-state index contributed by atoms with van der Waals surface area (Å²) in [5.74, 6) is 0.364. The van der Waals surface area contributed by atoms with E-state index in [-0.39, 0.29) is 17.3 Å². The van der Waals surface area contributed by atoms with E-state index in [1.165, 1.54) is 6.42 Å². The van der Waals surface area contributed by atoms with Crippen LogP contribution in [0.25, 0.3) is 0 Å². The minimum absolute atomic E-state index is 0.0917. The van der Waals surface area contributed by atoms with Gasteiger partial charge in [-0.25, -0.2) is 0 Å². The third-order valence-corrected chi connectivity index (χ3v) is 4.41. The molecule has 0 saturated heterocycles. The Kier molecular flexibility index (Phi) is 4.46. The summed E-state index contributed by atoms with van der Waals surface area (Å²) < 4.78 is 6.09. The van der Waals surface area contributed by atoms with Gasteiger partial charge in [-0.3, -0.25) is 4.79 Å². The first-order chi connectivity index (χ1) is 9.74. The maximum absolute atomic E-state index is 12.3. The van der Waals surface area contributed by atoms with Gasteiger partial charge in [0.1, 0.15) is 5.60 Å². The predicted octanol–water partition coefficient (Wildman–Crippen LogP) is 4.93. The SMILES string of the molecule is CC1CC(C)(C)CC(OC(=O)C(C)C)(c2ccccc2)C1. The van der Waals surface area contributed by atoms with Crippen molar-refractivity contribution in [3.8, 4) is 0 Å². The van der Waals surface area contributed by atoms with Gasteiger partial charge in [-0.05, 0) is 36.2 Å². The number of esters is 1. The molecule has 116 valence electrons. The lowest BCUT2D eigenvalue weighted by atomic mass is 9.63. The summed E-state index contributed by atoms with van der Waals surface area (Å²) in [6.07, 6.45) is 2.99. The fourth-order valence-electron chi connectivity index (χ4n) is 3.90. The first kappa shape index (κ1) is 16.1. The van der Waals surface area contributed by atoms with E-state index in [2.05, 4.69) is 32.9 Å². The zero-order valence-corrected chi connectivity index (χ0v) is 14.0. The lowest BCUT2D eigenvalue weighted by molar-refractivity contribution is -0.176. The van der Waals surface area contributed by atoms with Crippen molar-refractivity contribution in [2.24, 2.45) is 17.3 Å². The molecule has 1 aromatic rings. The molecule has 0 radical (unpaired) electrons. The molecule has 0 amide bonds. The predicted molar refractivity (Wildman–Crippen MR) is 85.8 cm³/mol. The maximum Gasteiger partial charge on any atom is 0.309 e. The van der Waals surface area contributed by atoms with Gasteiger partial charge in [0, 0.05) is 0 Å². The van der Waals surface area contributed by atoms with Crippen LogP contribution in [0, 0.1) is 17.3 Å². The second-order valence-electron chi connectivity index (χ2n) is 7.79.